The first-order chi connectivity index (χ1) is 8.47. The highest BCUT2D eigenvalue weighted by Gasteiger charge is 2.21. The standard InChI is InChI=1S/C11H16BrN3O3/c1-8(4-3-7-12)13-11(16)9-5-6-10(14(9)2)15(17)18/h5-6,8H,3-4,7H2,1-2H3,(H,13,16). The molecular formula is C11H16BrN3O3. The van der Waals surface area contributed by atoms with Crippen LogP contribution < -0.4 is 5.32 Å². The van der Waals surface area contributed by atoms with Gasteiger partial charge in [0.15, 0.2) is 5.69 Å². The van der Waals surface area contributed by atoms with Gasteiger partial charge in [-0.15, -0.1) is 0 Å². The lowest BCUT2D eigenvalue weighted by Crippen LogP contribution is -2.33. The monoisotopic (exact) mass is 317 g/mol. The van der Waals surface area contributed by atoms with Crippen LogP contribution in [0.2, 0.25) is 0 Å². The number of hydrogen-bond acceptors (Lipinski definition) is 3. The summed E-state index contributed by atoms with van der Waals surface area (Å²) in [4.78, 5) is 22.1. The molecule has 7 heteroatoms. The fraction of sp³-hybridized carbons (Fsp3) is 0.545. The number of aromatic nitrogens is 1. The number of rotatable bonds is 6. The van der Waals surface area contributed by atoms with Crippen LogP contribution in [0.3, 0.4) is 0 Å². The van der Waals surface area contributed by atoms with Gasteiger partial charge in [0.05, 0.1) is 7.05 Å². The smallest absolute Gasteiger partial charge is 0.323 e. The first kappa shape index (κ1) is 14.7. The van der Waals surface area contributed by atoms with Crippen molar-refractivity contribution < 1.29 is 9.72 Å². The second kappa shape index (κ2) is 6.53. The average molecular weight is 318 g/mol. The quantitative estimate of drug-likeness (QED) is 0.496. The van der Waals surface area contributed by atoms with E-state index >= 15 is 0 Å². The molecule has 1 unspecified atom stereocenters. The summed E-state index contributed by atoms with van der Waals surface area (Å²) in [6.07, 6.45) is 1.83. The van der Waals surface area contributed by atoms with Gasteiger partial charge in [0.2, 0.25) is 0 Å². The summed E-state index contributed by atoms with van der Waals surface area (Å²) in [7, 11) is 1.51. The molecule has 1 atom stereocenters. The number of amides is 1. The molecule has 1 N–H and O–H groups in total. The molecule has 18 heavy (non-hydrogen) atoms. The molecule has 0 aliphatic rings. The Kier molecular flexibility index (Phi) is 5.33. The minimum Gasteiger partial charge on any atom is -0.358 e. The predicted octanol–water partition coefficient (Wildman–Crippen LogP) is 2.23. The number of alkyl halides is 1. The molecule has 0 spiro atoms. The van der Waals surface area contributed by atoms with Crippen LogP contribution in [0.4, 0.5) is 5.82 Å². The third-order valence-electron chi connectivity index (χ3n) is 2.66. The van der Waals surface area contributed by atoms with Crippen LogP contribution in [0.25, 0.3) is 0 Å². The SMILES string of the molecule is CC(CCCBr)NC(=O)c1ccc([N+](=O)[O-])n1C. The lowest BCUT2D eigenvalue weighted by atomic mass is 10.2. The molecule has 0 aliphatic carbocycles. The molecule has 0 aliphatic heterocycles. The number of carbonyl (C=O) groups is 1. The maximum absolute atomic E-state index is 11.9. The topological polar surface area (TPSA) is 77.2 Å². The van der Waals surface area contributed by atoms with Gasteiger partial charge in [-0.25, -0.2) is 4.57 Å². The Labute approximate surface area is 114 Å². The fourth-order valence-corrected chi connectivity index (χ4v) is 1.99. The summed E-state index contributed by atoms with van der Waals surface area (Å²) in [6.45, 7) is 1.91. The highest BCUT2D eigenvalue weighted by Crippen LogP contribution is 2.15. The molecule has 1 aromatic heterocycles. The molecule has 0 bridgehead atoms. The van der Waals surface area contributed by atoms with Crippen molar-refractivity contribution in [3.05, 3.63) is 27.9 Å². The van der Waals surface area contributed by atoms with Gasteiger partial charge in [-0.05, 0) is 30.8 Å². The van der Waals surface area contributed by atoms with Crippen molar-refractivity contribution in [2.24, 2.45) is 7.05 Å². The molecule has 100 valence electrons. The van der Waals surface area contributed by atoms with E-state index in [0.717, 1.165) is 18.2 Å². The van der Waals surface area contributed by atoms with Gasteiger partial charge in [0.25, 0.3) is 5.91 Å². The number of carbonyl (C=O) groups excluding carboxylic acids is 1. The number of nitrogens with zero attached hydrogens (tertiary/aromatic N) is 2. The molecule has 6 nitrogen and oxygen atoms in total. The van der Waals surface area contributed by atoms with E-state index in [1.54, 1.807) is 0 Å². The average Bonchev–Trinajstić information content (AvgIpc) is 2.68. The van der Waals surface area contributed by atoms with Gasteiger partial charge in [0.1, 0.15) is 0 Å². The first-order valence-corrected chi connectivity index (χ1v) is 6.76. The predicted molar refractivity (Wildman–Crippen MR) is 72.0 cm³/mol. The van der Waals surface area contributed by atoms with Crippen LogP contribution in [-0.2, 0) is 7.05 Å². The van der Waals surface area contributed by atoms with Crippen molar-refractivity contribution in [3.8, 4) is 0 Å². The van der Waals surface area contributed by atoms with Crippen LogP contribution in [0.5, 0.6) is 0 Å². The van der Waals surface area contributed by atoms with Crippen LogP contribution in [0.15, 0.2) is 12.1 Å². The Balaban J connectivity index is 2.70. The normalized spacial score (nSPS) is 12.2. The first-order valence-electron chi connectivity index (χ1n) is 5.64. The zero-order valence-corrected chi connectivity index (χ0v) is 11.9. The molecule has 1 amide bonds. The van der Waals surface area contributed by atoms with Gasteiger partial charge in [-0.1, -0.05) is 15.9 Å². The van der Waals surface area contributed by atoms with Crippen LogP contribution in [-0.4, -0.2) is 26.8 Å². The van der Waals surface area contributed by atoms with Gasteiger partial charge in [-0.3, -0.25) is 4.79 Å². The molecule has 0 aromatic carbocycles. The maximum atomic E-state index is 11.9. The van der Waals surface area contributed by atoms with E-state index in [9.17, 15) is 14.9 Å². The summed E-state index contributed by atoms with van der Waals surface area (Å²) >= 11 is 3.33. The molecular weight excluding hydrogens is 302 g/mol. The minimum atomic E-state index is -0.509. The largest absolute Gasteiger partial charge is 0.358 e. The Hall–Kier alpha value is -1.37. The van der Waals surface area contributed by atoms with E-state index < -0.39 is 4.92 Å². The van der Waals surface area contributed by atoms with Crippen LogP contribution in [0, 0.1) is 10.1 Å². The van der Waals surface area contributed by atoms with E-state index in [4.69, 9.17) is 0 Å². The van der Waals surface area contributed by atoms with E-state index in [0.29, 0.717) is 5.69 Å². The Morgan fingerprint density at radius 1 is 1.61 bits per heavy atom. The molecule has 0 fully saturated rings. The zero-order valence-electron chi connectivity index (χ0n) is 10.4. The minimum absolute atomic E-state index is 0.0454. The van der Waals surface area contributed by atoms with Crippen molar-refractivity contribution in [2.75, 3.05) is 5.33 Å². The fourth-order valence-electron chi connectivity index (χ4n) is 1.67. The zero-order chi connectivity index (χ0) is 13.7. The third kappa shape index (κ3) is 3.56. The summed E-state index contributed by atoms with van der Waals surface area (Å²) in [5.41, 5.74) is 0.299. The van der Waals surface area contributed by atoms with E-state index in [1.165, 1.54) is 23.7 Å². The highest BCUT2D eigenvalue weighted by molar-refractivity contribution is 9.09. The van der Waals surface area contributed by atoms with E-state index in [-0.39, 0.29) is 17.8 Å². The van der Waals surface area contributed by atoms with Crippen molar-refractivity contribution >= 4 is 27.7 Å². The number of nitrogens with one attached hydrogen (secondary N) is 1. The summed E-state index contributed by atoms with van der Waals surface area (Å²) < 4.78 is 1.28. The van der Waals surface area contributed by atoms with Crippen LogP contribution in [0.1, 0.15) is 30.3 Å². The molecule has 1 aromatic rings. The molecule has 0 saturated carbocycles. The number of hydrogen-bond donors (Lipinski definition) is 1. The second-order valence-corrected chi connectivity index (χ2v) is 4.89. The number of nitro groups is 1. The third-order valence-corrected chi connectivity index (χ3v) is 3.22. The summed E-state index contributed by atoms with van der Waals surface area (Å²) in [6, 6.07) is 2.84. The number of halogens is 1. The van der Waals surface area contributed by atoms with Gasteiger partial charge in [-0.2, -0.15) is 0 Å². The van der Waals surface area contributed by atoms with E-state index in [1.807, 2.05) is 6.92 Å². The Morgan fingerprint density at radius 3 is 2.78 bits per heavy atom. The van der Waals surface area contributed by atoms with Crippen LogP contribution >= 0.6 is 15.9 Å². The second-order valence-electron chi connectivity index (χ2n) is 4.10. The summed E-state index contributed by atoms with van der Waals surface area (Å²) in [5, 5.41) is 14.4. The van der Waals surface area contributed by atoms with E-state index in [2.05, 4.69) is 21.2 Å². The molecule has 1 heterocycles. The van der Waals surface area contributed by atoms with Crippen molar-refractivity contribution in [3.63, 3.8) is 0 Å². The molecule has 0 radical (unpaired) electrons. The van der Waals surface area contributed by atoms with Gasteiger partial charge < -0.3 is 15.4 Å². The van der Waals surface area contributed by atoms with Crippen molar-refractivity contribution in [1.29, 1.82) is 0 Å². The van der Waals surface area contributed by atoms with Crippen molar-refractivity contribution in [2.45, 2.75) is 25.8 Å². The van der Waals surface area contributed by atoms with Crippen molar-refractivity contribution in [1.82, 2.24) is 9.88 Å². The Morgan fingerprint density at radius 2 is 2.28 bits per heavy atom. The molecule has 1 rings (SSSR count). The summed E-state index contributed by atoms with van der Waals surface area (Å²) in [5.74, 6) is -0.374. The highest BCUT2D eigenvalue weighted by atomic mass is 79.9. The lowest BCUT2D eigenvalue weighted by Gasteiger charge is -2.12. The lowest BCUT2D eigenvalue weighted by molar-refractivity contribution is -0.391. The maximum Gasteiger partial charge on any atom is 0.323 e. The molecule has 0 saturated heterocycles. The van der Waals surface area contributed by atoms with Gasteiger partial charge >= 0.3 is 5.82 Å². The van der Waals surface area contributed by atoms with Gasteiger partial charge in [0, 0.05) is 17.4 Å². The Bertz CT molecular complexity index is 445.